The van der Waals surface area contributed by atoms with Crippen molar-refractivity contribution in [2.45, 2.75) is 63.7 Å². The van der Waals surface area contributed by atoms with Crippen molar-refractivity contribution in [3.63, 3.8) is 0 Å². The van der Waals surface area contributed by atoms with Crippen LogP contribution in [-0.4, -0.2) is 49.0 Å². The molecular weight excluding hydrogens is 330 g/mol. The molecule has 0 saturated carbocycles. The van der Waals surface area contributed by atoms with Gasteiger partial charge in [-0.2, -0.15) is 13.2 Å². The first kappa shape index (κ1) is 19.0. The van der Waals surface area contributed by atoms with Crippen molar-refractivity contribution in [3.8, 4) is 0 Å². The molecule has 3 nitrogen and oxygen atoms in total. The van der Waals surface area contributed by atoms with E-state index in [1.807, 2.05) is 27.7 Å². The summed E-state index contributed by atoms with van der Waals surface area (Å²) in [4.78, 5) is 1.50. The van der Waals surface area contributed by atoms with Crippen molar-refractivity contribution in [1.82, 2.24) is 4.90 Å². The summed E-state index contributed by atoms with van der Waals surface area (Å²) in [5.74, 6) is 0.343. The number of alkyl halides is 3. The van der Waals surface area contributed by atoms with E-state index in [2.05, 4.69) is 18.2 Å². The number of hydrogen-bond acceptors (Lipinski definition) is 3. The lowest BCUT2D eigenvalue weighted by Crippen LogP contribution is -2.41. The second-order valence-corrected chi connectivity index (χ2v) is 8.42. The van der Waals surface area contributed by atoms with E-state index in [9.17, 15) is 13.2 Å². The first-order valence-corrected chi connectivity index (χ1v) is 9.00. The lowest BCUT2D eigenvalue weighted by molar-refractivity contribution is -0.143. The molecule has 0 aromatic carbocycles. The minimum absolute atomic E-state index is 0.150. The van der Waals surface area contributed by atoms with Gasteiger partial charge < -0.3 is 9.31 Å². The van der Waals surface area contributed by atoms with E-state index in [0.717, 1.165) is 18.4 Å². The van der Waals surface area contributed by atoms with Gasteiger partial charge in [-0.1, -0.05) is 18.2 Å². The minimum Gasteiger partial charge on any atom is -0.403 e. The Morgan fingerprint density at radius 2 is 1.84 bits per heavy atom. The summed E-state index contributed by atoms with van der Waals surface area (Å²) in [6.45, 7) is 8.33. The van der Waals surface area contributed by atoms with E-state index in [1.165, 1.54) is 4.90 Å². The Labute approximate surface area is 148 Å². The van der Waals surface area contributed by atoms with Crippen molar-refractivity contribution < 1.29 is 22.5 Å². The molecule has 2 heterocycles. The lowest BCUT2D eigenvalue weighted by Gasteiger charge is -2.32. The van der Waals surface area contributed by atoms with Gasteiger partial charge in [0.25, 0.3) is 0 Å². The molecule has 3 rings (SSSR count). The molecule has 0 radical (unpaired) electrons. The maximum atomic E-state index is 12.5. The van der Waals surface area contributed by atoms with Gasteiger partial charge in [-0.05, 0) is 58.6 Å². The highest BCUT2D eigenvalue weighted by Gasteiger charge is 2.53. The Bertz CT molecular complexity index is 555. The van der Waals surface area contributed by atoms with Crippen LogP contribution in [0, 0.1) is 5.92 Å². The molecule has 2 aliphatic heterocycles. The molecule has 0 N–H and O–H groups in total. The number of allylic oxidation sites excluding steroid dienone is 3. The summed E-state index contributed by atoms with van der Waals surface area (Å²) in [6.07, 6.45) is 3.78. The third-order valence-electron chi connectivity index (χ3n) is 5.93. The average Bonchev–Trinajstić information content (AvgIpc) is 3.00. The number of halogens is 3. The third kappa shape index (κ3) is 4.14. The van der Waals surface area contributed by atoms with Crippen molar-refractivity contribution in [2.75, 3.05) is 19.6 Å². The van der Waals surface area contributed by atoms with Crippen LogP contribution in [0.25, 0.3) is 0 Å². The lowest BCUT2D eigenvalue weighted by atomic mass is 9.67. The minimum atomic E-state index is -4.12. The fourth-order valence-corrected chi connectivity index (χ4v) is 3.72. The van der Waals surface area contributed by atoms with Gasteiger partial charge in [0.1, 0.15) is 0 Å². The molecule has 25 heavy (non-hydrogen) atoms. The zero-order valence-electron chi connectivity index (χ0n) is 15.4. The molecule has 140 valence electrons. The Hall–Kier alpha value is -0.785. The summed E-state index contributed by atoms with van der Waals surface area (Å²) in [6, 6.07) is 0. The van der Waals surface area contributed by atoms with Gasteiger partial charge in [-0.15, -0.1) is 0 Å². The quantitative estimate of drug-likeness (QED) is 0.706. The van der Waals surface area contributed by atoms with Gasteiger partial charge >= 0.3 is 13.3 Å². The number of nitrogens with zero attached hydrogens (tertiary/aromatic N) is 1. The predicted octanol–water partition coefficient (Wildman–Crippen LogP) is 4.22. The second-order valence-electron chi connectivity index (χ2n) is 8.42. The molecule has 0 spiro atoms. The van der Waals surface area contributed by atoms with Crippen LogP contribution in [0.5, 0.6) is 0 Å². The molecule has 0 amide bonds. The molecule has 0 aromatic heterocycles. The fourth-order valence-electron chi connectivity index (χ4n) is 3.72. The maximum absolute atomic E-state index is 12.5. The highest BCUT2D eigenvalue weighted by Crippen LogP contribution is 2.42. The Balaban J connectivity index is 1.55. The zero-order valence-corrected chi connectivity index (χ0v) is 15.4. The third-order valence-corrected chi connectivity index (χ3v) is 5.93. The predicted molar refractivity (Wildman–Crippen MR) is 92.3 cm³/mol. The topological polar surface area (TPSA) is 21.7 Å². The normalized spacial score (nSPS) is 32.3. The van der Waals surface area contributed by atoms with Gasteiger partial charge in [0.2, 0.25) is 0 Å². The van der Waals surface area contributed by atoms with Crippen LogP contribution in [0.2, 0.25) is 5.82 Å². The van der Waals surface area contributed by atoms with Crippen LogP contribution >= 0.6 is 0 Å². The van der Waals surface area contributed by atoms with Crippen LogP contribution in [0.15, 0.2) is 23.8 Å². The summed E-state index contributed by atoms with van der Waals surface area (Å²) in [7, 11) is -0.274. The van der Waals surface area contributed by atoms with Crippen molar-refractivity contribution >= 4 is 7.12 Å². The molecule has 0 aromatic rings. The number of hydrogen-bond donors (Lipinski definition) is 0. The molecule has 2 atom stereocenters. The largest absolute Gasteiger partial charge is 0.465 e. The molecule has 1 aliphatic carbocycles. The molecule has 2 unspecified atom stereocenters. The van der Waals surface area contributed by atoms with Crippen LogP contribution in [-0.2, 0) is 9.31 Å². The van der Waals surface area contributed by atoms with Crippen LogP contribution in [0.3, 0.4) is 0 Å². The highest BCUT2D eigenvalue weighted by molar-refractivity contribution is 6.48. The van der Waals surface area contributed by atoms with Crippen LogP contribution in [0.4, 0.5) is 13.2 Å². The van der Waals surface area contributed by atoms with Gasteiger partial charge in [0.15, 0.2) is 0 Å². The smallest absolute Gasteiger partial charge is 0.403 e. The number of rotatable bonds is 3. The number of likely N-dealkylation sites (tertiary alicyclic amines) is 1. The van der Waals surface area contributed by atoms with Crippen LogP contribution < -0.4 is 0 Å². The highest BCUT2D eigenvalue weighted by atomic mass is 19.4. The molecule has 0 bridgehead atoms. The van der Waals surface area contributed by atoms with Gasteiger partial charge in [-0.3, -0.25) is 4.90 Å². The van der Waals surface area contributed by atoms with E-state index < -0.39 is 12.7 Å². The van der Waals surface area contributed by atoms with E-state index in [0.29, 0.717) is 13.1 Å². The molecular formula is C18H27BF3NO2. The van der Waals surface area contributed by atoms with Crippen molar-refractivity contribution in [1.29, 1.82) is 0 Å². The second kappa shape index (κ2) is 6.43. The maximum Gasteiger partial charge on any atom is 0.465 e. The zero-order chi connectivity index (χ0) is 18.5. The van der Waals surface area contributed by atoms with E-state index in [1.54, 1.807) is 0 Å². The van der Waals surface area contributed by atoms with Gasteiger partial charge in [0, 0.05) is 12.4 Å². The van der Waals surface area contributed by atoms with Crippen LogP contribution in [0.1, 0.15) is 40.5 Å². The van der Waals surface area contributed by atoms with Gasteiger partial charge in [0.05, 0.1) is 17.7 Å². The summed E-state index contributed by atoms with van der Waals surface area (Å²) in [5, 5.41) is 0. The summed E-state index contributed by atoms with van der Waals surface area (Å²) < 4.78 is 49.8. The SMILES string of the molecule is CC1(C)OB(C2C=CC(C3CCN(CC(F)(F)F)C3)=CC2)OC1(C)C. The monoisotopic (exact) mass is 357 g/mol. The fraction of sp³-hybridized carbons (Fsp3) is 0.778. The first-order chi connectivity index (χ1) is 11.5. The molecule has 2 fully saturated rings. The Morgan fingerprint density at radius 3 is 2.36 bits per heavy atom. The van der Waals surface area contributed by atoms with Gasteiger partial charge in [-0.25, -0.2) is 0 Å². The summed E-state index contributed by atoms with van der Waals surface area (Å²) >= 11 is 0. The first-order valence-electron chi connectivity index (χ1n) is 9.00. The van der Waals surface area contributed by atoms with Crippen molar-refractivity contribution in [3.05, 3.63) is 23.8 Å². The van der Waals surface area contributed by atoms with Crippen molar-refractivity contribution in [2.24, 2.45) is 5.92 Å². The Kier molecular flexibility index (Phi) is 4.88. The molecule has 2 saturated heterocycles. The average molecular weight is 357 g/mol. The molecule has 3 aliphatic rings. The Morgan fingerprint density at radius 1 is 1.20 bits per heavy atom. The summed E-state index contributed by atoms with van der Waals surface area (Å²) in [5.41, 5.74) is 0.454. The standard InChI is InChI=1S/C18H27BF3NO2/c1-16(2)17(3,4)25-19(24-16)15-7-5-13(6-8-15)14-9-10-23(11-14)12-18(20,21)22/h5-7,14-15H,8-12H2,1-4H3. The van der Waals surface area contributed by atoms with E-state index in [-0.39, 0.29) is 30.1 Å². The van der Waals surface area contributed by atoms with E-state index >= 15 is 0 Å². The molecule has 7 heteroatoms. The van der Waals surface area contributed by atoms with E-state index in [4.69, 9.17) is 9.31 Å².